The van der Waals surface area contributed by atoms with Crippen molar-refractivity contribution >= 4 is 23.6 Å². The van der Waals surface area contributed by atoms with Crippen LogP contribution in [0.25, 0.3) is 0 Å². The van der Waals surface area contributed by atoms with Crippen LogP contribution in [-0.4, -0.2) is 64.0 Å². The number of hydrogen-bond acceptors (Lipinski definition) is 5. The predicted octanol–water partition coefficient (Wildman–Crippen LogP) is 0.984. The lowest BCUT2D eigenvalue weighted by molar-refractivity contribution is -0.139. The molecule has 6 nitrogen and oxygen atoms in total. The van der Waals surface area contributed by atoms with Gasteiger partial charge in [-0.2, -0.15) is 0 Å². The molecule has 1 aromatic heterocycles. The van der Waals surface area contributed by atoms with Crippen molar-refractivity contribution in [3.63, 3.8) is 0 Å². The topological polar surface area (TPSA) is 62.7 Å². The molecule has 22 heavy (non-hydrogen) atoms. The van der Waals surface area contributed by atoms with Gasteiger partial charge in [-0.05, 0) is 6.07 Å². The average Bonchev–Trinajstić information content (AvgIpc) is 2.94. The lowest BCUT2D eigenvalue weighted by Crippen LogP contribution is -2.46. The van der Waals surface area contributed by atoms with Gasteiger partial charge in [-0.1, -0.05) is 6.07 Å². The lowest BCUT2D eigenvalue weighted by atomic mass is 10.1. The van der Waals surface area contributed by atoms with Crippen molar-refractivity contribution in [1.82, 2.24) is 14.8 Å². The summed E-state index contributed by atoms with van der Waals surface area (Å²) in [6.45, 7) is 1.55. The van der Waals surface area contributed by atoms with Crippen LogP contribution in [0.15, 0.2) is 24.4 Å². The number of carbonyl (C=O) groups is 2. The van der Waals surface area contributed by atoms with Crippen LogP contribution in [0, 0.1) is 0 Å². The van der Waals surface area contributed by atoms with Crippen molar-refractivity contribution in [3.8, 4) is 5.88 Å². The molecule has 2 fully saturated rings. The Balaban J connectivity index is 1.45. The Morgan fingerprint density at radius 2 is 2.18 bits per heavy atom. The number of rotatable bonds is 4. The molecule has 7 heteroatoms. The molecule has 0 unspecified atom stereocenters. The maximum atomic E-state index is 12.2. The molecule has 0 spiro atoms. The standard InChI is InChI=1S/C15H19N3O3S/c19-14(9-18-11-22-10-15(18)20)17-7-4-12(5-8-17)21-13-3-1-2-6-16-13/h1-3,6,12H,4-5,7-11H2. The first-order valence-corrected chi connectivity index (χ1v) is 8.59. The Hall–Kier alpha value is -1.76. The van der Waals surface area contributed by atoms with Crippen molar-refractivity contribution in [2.45, 2.75) is 18.9 Å². The van der Waals surface area contributed by atoms with Gasteiger partial charge in [-0.25, -0.2) is 4.98 Å². The fraction of sp³-hybridized carbons (Fsp3) is 0.533. The Labute approximate surface area is 133 Å². The molecule has 2 amide bonds. The molecule has 2 aliphatic rings. The fourth-order valence-corrected chi connectivity index (χ4v) is 3.52. The summed E-state index contributed by atoms with van der Waals surface area (Å²) in [5, 5.41) is 0. The predicted molar refractivity (Wildman–Crippen MR) is 83.5 cm³/mol. The highest BCUT2D eigenvalue weighted by molar-refractivity contribution is 8.00. The molecular weight excluding hydrogens is 302 g/mol. The number of ether oxygens (including phenoxy) is 1. The zero-order valence-corrected chi connectivity index (χ0v) is 13.1. The average molecular weight is 321 g/mol. The highest BCUT2D eigenvalue weighted by Gasteiger charge is 2.28. The highest BCUT2D eigenvalue weighted by Crippen LogP contribution is 2.18. The van der Waals surface area contributed by atoms with E-state index >= 15 is 0 Å². The number of likely N-dealkylation sites (tertiary alicyclic amines) is 1. The third-order valence-electron chi connectivity index (χ3n) is 3.87. The highest BCUT2D eigenvalue weighted by atomic mass is 32.2. The van der Waals surface area contributed by atoms with E-state index in [9.17, 15) is 9.59 Å². The number of aromatic nitrogens is 1. The monoisotopic (exact) mass is 321 g/mol. The molecular formula is C15H19N3O3S. The Morgan fingerprint density at radius 1 is 1.36 bits per heavy atom. The van der Waals surface area contributed by atoms with E-state index in [0.29, 0.717) is 30.6 Å². The number of piperidine rings is 1. The third-order valence-corrected chi connectivity index (χ3v) is 4.82. The van der Waals surface area contributed by atoms with Crippen LogP contribution >= 0.6 is 11.8 Å². The van der Waals surface area contributed by atoms with Gasteiger partial charge in [0.05, 0.1) is 11.6 Å². The third kappa shape index (κ3) is 3.71. The van der Waals surface area contributed by atoms with Gasteiger partial charge in [0.15, 0.2) is 0 Å². The summed E-state index contributed by atoms with van der Waals surface area (Å²) in [5.41, 5.74) is 0. The summed E-state index contributed by atoms with van der Waals surface area (Å²) in [5.74, 6) is 1.85. The zero-order chi connectivity index (χ0) is 15.4. The van der Waals surface area contributed by atoms with Crippen molar-refractivity contribution in [1.29, 1.82) is 0 Å². The summed E-state index contributed by atoms with van der Waals surface area (Å²) >= 11 is 1.56. The molecule has 0 radical (unpaired) electrons. The minimum atomic E-state index is 0.0344. The molecule has 2 aliphatic heterocycles. The maximum Gasteiger partial charge on any atom is 0.242 e. The molecule has 0 bridgehead atoms. The Kier molecular flexibility index (Phi) is 4.82. The van der Waals surface area contributed by atoms with E-state index in [-0.39, 0.29) is 24.5 Å². The van der Waals surface area contributed by atoms with Crippen LogP contribution < -0.4 is 4.74 Å². The van der Waals surface area contributed by atoms with Gasteiger partial charge in [-0.3, -0.25) is 9.59 Å². The first kappa shape index (κ1) is 15.1. The van der Waals surface area contributed by atoms with Crippen molar-refractivity contribution in [3.05, 3.63) is 24.4 Å². The normalized spacial score (nSPS) is 19.5. The molecule has 0 aliphatic carbocycles. The van der Waals surface area contributed by atoms with Crippen LogP contribution in [0.2, 0.25) is 0 Å². The molecule has 0 N–H and O–H groups in total. The Morgan fingerprint density at radius 3 is 2.82 bits per heavy atom. The lowest BCUT2D eigenvalue weighted by Gasteiger charge is -2.32. The van der Waals surface area contributed by atoms with Crippen LogP contribution in [0.3, 0.4) is 0 Å². The smallest absolute Gasteiger partial charge is 0.242 e. The number of amides is 2. The van der Waals surface area contributed by atoms with Crippen LogP contribution in [0.1, 0.15) is 12.8 Å². The number of thioether (sulfide) groups is 1. The quantitative estimate of drug-likeness (QED) is 0.827. The minimum absolute atomic E-state index is 0.0344. The minimum Gasteiger partial charge on any atom is -0.474 e. The largest absolute Gasteiger partial charge is 0.474 e. The van der Waals surface area contributed by atoms with Crippen molar-refractivity contribution in [2.24, 2.45) is 0 Å². The van der Waals surface area contributed by atoms with Gasteiger partial charge in [-0.15, -0.1) is 11.8 Å². The maximum absolute atomic E-state index is 12.2. The van der Waals surface area contributed by atoms with Gasteiger partial charge in [0, 0.05) is 38.2 Å². The van der Waals surface area contributed by atoms with Gasteiger partial charge in [0.1, 0.15) is 12.6 Å². The molecule has 0 saturated carbocycles. The molecule has 118 valence electrons. The van der Waals surface area contributed by atoms with Gasteiger partial charge < -0.3 is 14.5 Å². The second-order valence-corrected chi connectivity index (χ2v) is 6.39. The number of hydrogen-bond donors (Lipinski definition) is 0. The van der Waals surface area contributed by atoms with E-state index in [2.05, 4.69) is 4.98 Å². The molecule has 0 aromatic carbocycles. The summed E-state index contributed by atoms with van der Waals surface area (Å²) < 4.78 is 5.82. The summed E-state index contributed by atoms with van der Waals surface area (Å²) in [7, 11) is 0. The zero-order valence-electron chi connectivity index (χ0n) is 12.3. The molecule has 0 atom stereocenters. The van der Waals surface area contributed by atoms with Crippen LogP contribution in [-0.2, 0) is 9.59 Å². The van der Waals surface area contributed by atoms with Crippen LogP contribution in [0.4, 0.5) is 0 Å². The molecule has 3 rings (SSSR count). The fourth-order valence-electron chi connectivity index (χ4n) is 2.61. The van der Waals surface area contributed by atoms with E-state index in [0.717, 1.165) is 12.8 Å². The molecule has 2 saturated heterocycles. The van der Waals surface area contributed by atoms with E-state index in [1.165, 1.54) is 0 Å². The first-order chi connectivity index (χ1) is 10.7. The first-order valence-electron chi connectivity index (χ1n) is 7.43. The van der Waals surface area contributed by atoms with Crippen molar-refractivity contribution < 1.29 is 14.3 Å². The number of carbonyl (C=O) groups excluding carboxylic acids is 2. The van der Waals surface area contributed by atoms with Crippen LogP contribution in [0.5, 0.6) is 5.88 Å². The molecule has 3 heterocycles. The summed E-state index contributed by atoms with van der Waals surface area (Å²) in [6.07, 6.45) is 3.40. The Bertz CT molecular complexity index is 532. The second-order valence-electron chi connectivity index (χ2n) is 5.44. The van der Waals surface area contributed by atoms with Gasteiger partial charge >= 0.3 is 0 Å². The van der Waals surface area contributed by atoms with Gasteiger partial charge in [0.25, 0.3) is 0 Å². The molecule has 1 aromatic rings. The van der Waals surface area contributed by atoms with E-state index < -0.39 is 0 Å². The van der Waals surface area contributed by atoms with Gasteiger partial charge in [0.2, 0.25) is 17.7 Å². The van der Waals surface area contributed by atoms with E-state index in [1.807, 2.05) is 23.1 Å². The summed E-state index contributed by atoms with van der Waals surface area (Å²) in [6, 6.07) is 5.59. The van der Waals surface area contributed by atoms with Crippen molar-refractivity contribution in [2.75, 3.05) is 31.3 Å². The SMILES string of the molecule is O=C(CN1CSCC1=O)N1CCC(Oc2ccccn2)CC1. The summed E-state index contributed by atoms with van der Waals surface area (Å²) in [4.78, 5) is 31.4. The van der Waals surface area contributed by atoms with E-state index in [4.69, 9.17) is 4.74 Å². The number of pyridine rings is 1. The second kappa shape index (κ2) is 7.00. The van der Waals surface area contributed by atoms with E-state index in [1.54, 1.807) is 22.9 Å². The number of nitrogens with zero attached hydrogens (tertiary/aromatic N) is 3.